The van der Waals surface area contributed by atoms with E-state index in [2.05, 4.69) is 27.6 Å². The Kier molecular flexibility index (Phi) is 2.89. The Hall–Kier alpha value is 0.140. The van der Waals surface area contributed by atoms with Crippen LogP contribution in [0.5, 0.6) is 0 Å². The van der Waals surface area contributed by atoms with Crippen LogP contribution in [-0.4, -0.2) is 4.98 Å². The third kappa shape index (κ3) is 1.81. The van der Waals surface area contributed by atoms with Gasteiger partial charge in [0.15, 0.2) is 5.38 Å². The molecular formula is C5H2ClIN2S. The molecule has 1 unspecified atom stereocenters. The lowest BCUT2D eigenvalue weighted by Crippen LogP contribution is -1.81. The van der Waals surface area contributed by atoms with Gasteiger partial charge in [0.25, 0.3) is 0 Å². The molecule has 0 bridgehead atoms. The number of hydrogen-bond acceptors (Lipinski definition) is 3. The average molecular weight is 285 g/mol. The number of hydrogen-bond donors (Lipinski definition) is 0. The lowest BCUT2D eigenvalue weighted by atomic mass is 10.5. The first kappa shape index (κ1) is 8.24. The minimum absolute atomic E-state index is 0.589. The predicted molar refractivity (Wildman–Crippen MR) is 49.0 cm³/mol. The highest BCUT2D eigenvalue weighted by Crippen LogP contribution is 2.24. The topological polar surface area (TPSA) is 36.7 Å². The molecule has 0 aliphatic heterocycles. The van der Waals surface area contributed by atoms with Gasteiger partial charge in [0, 0.05) is 0 Å². The van der Waals surface area contributed by atoms with Crippen molar-refractivity contribution in [2.75, 3.05) is 0 Å². The molecule has 1 heterocycles. The van der Waals surface area contributed by atoms with Gasteiger partial charge in [-0.05, 0) is 22.6 Å². The summed E-state index contributed by atoms with van der Waals surface area (Å²) < 4.78 is 1.05. The fourth-order valence-corrected chi connectivity index (χ4v) is 2.01. The summed E-state index contributed by atoms with van der Waals surface area (Å²) >= 11 is 9.17. The zero-order chi connectivity index (χ0) is 7.56. The molecule has 1 rings (SSSR count). The first-order valence-corrected chi connectivity index (χ1v) is 4.72. The summed E-state index contributed by atoms with van der Waals surface area (Å²) in [5.74, 6) is 0. The van der Waals surface area contributed by atoms with Gasteiger partial charge in [-0.15, -0.1) is 11.3 Å². The number of alkyl halides is 1. The second-order valence-corrected chi connectivity index (χ2v) is 4.89. The van der Waals surface area contributed by atoms with Gasteiger partial charge < -0.3 is 0 Å². The molecule has 2 nitrogen and oxygen atoms in total. The van der Waals surface area contributed by atoms with Crippen molar-refractivity contribution in [3.8, 4) is 6.07 Å². The number of thiazole rings is 1. The van der Waals surface area contributed by atoms with Crippen LogP contribution in [0.15, 0.2) is 6.20 Å². The van der Waals surface area contributed by atoms with E-state index < -0.39 is 5.38 Å². The van der Waals surface area contributed by atoms with Crippen LogP contribution in [0.25, 0.3) is 0 Å². The Bertz CT molecular complexity index is 267. The van der Waals surface area contributed by atoms with E-state index in [1.165, 1.54) is 11.3 Å². The summed E-state index contributed by atoms with van der Waals surface area (Å²) in [5, 5.41) is 8.47. The lowest BCUT2D eigenvalue weighted by molar-refractivity contribution is 1.15. The third-order valence-electron chi connectivity index (χ3n) is 0.826. The first-order valence-electron chi connectivity index (χ1n) is 2.39. The van der Waals surface area contributed by atoms with Crippen molar-refractivity contribution in [2.45, 2.75) is 5.38 Å². The van der Waals surface area contributed by atoms with Gasteiger partial charge in [-0.3, -0.25) is 0 Å². The standard InChI is InChI=1S/C5H2ClIN2S/c6-3(1-8)5-9-2-4(7)10-5/h2-3H. The Morgan fingerprint density at radius 3 is 3.00 bits per heavy atom. The Morgan fingerprint density at radius 1 is 1.90 bits per heavy atom. The highest BCUT2D eigenvalue weighted by atomic mass is 127. The van der Waals surface area contributed by atoms with E-state index in [0.29, 0.717) is 5.01 Å². The molecule has 52 valence electrons. The second-order valence-electron chi connectivity index (χ2n) is 1.49. The summed E-state index contributed by atoms with van der Waals surface area (Å²) in [6.45, 7) is 0. The quantitative estimate of drug-likeness (QED) is 0.587. The van der Waals surface area contributed by atoms with Crippen molar-refractivity contribution in [3.05, 3.63) is 14.1 Å². The van der Waals surface area contributed by atoms with Crippen LogP contribution in [-0.2, 0) is 0 Å². The molecule has 1 atom stereocenters. The fourth-order valence-electron chi connectivity index (χ4n) is 0.439. The van der Waals surface area contributed by atoms with Crippen LogP contribution >= 0.6 is 45.5 Å². The molecule has 0 amide bonds. The number of halogens is 2. The maximum atomic E-state index is 8.38. The van der Waals surface area contributed by atoms with Crippen LogP contribution in [0.3, 0.4) is 0 Å². The molecule has 10 heavy (non-hydrogen) atoms. The van der Waals surface area contributed by atoms with Crippen LogP contribution in [0, 0.1) is 14.2 Å². The Morgan fingerprint density at radius 2 is 2.60 bits per heavy atom. The minimum Gasteiger partial charge on any atom is -0.246 e. The molecule has 0 spiro atoms. The van der Waals surface area contributed by atoms with Gasteiger partial charge in [-0.25, -0.2) is 4.98 Å². The van der Waals surface area contributed by atoms with E-state index in [1.807, 2.05) is 6.07 Å². The van der Waals surface area contributed by atoms with E-state index in [1.54, 1.807) is 6.20 Å². The zero-order valence-electron chi connectivity index (χ0n) is 4.71. The molecule has 0 N–H and O–H groups in total. The molecule has 0 fully saturated rings. The van der Waals surface area contributed by atoms with Gasteiger partial charge in [0.05, 0.1) is 15.1 Å². The second kappa shape index (κ2) is 3.51. The van der Waals surface area contributed by atoms with Crippen LogP contribution < -0.4 is 0 Å². The fraction of sp³-hybridized carbons (Fsp3) is 0.200. The van der Waals surface area contributed by atoms with Gasteiger partial charge >= 0.3 is 0 Å². The van der Waals surface area contributed by atoms with E-state index in [4.69, 9.17) is 16.9 Å². The van der Waals surface area contributed by atoms with E-state index in [0.717, 1.165) is 2.88 Å². The van der Waals surface area contributed by atoms with E-state index >= 15 is 0 Å². The summed E-state index contributed by atoms with van der Waals surface area (Å²) in [5.41, 5.74) is 0. The SMILES string of the molecule is N#CC(Cl)c1ncc(I)s1. The number of rotatable bonds is 1. The zero-order valence-corrected chi connectivity index (χ0v) is 8.44. The highest BCUT2D eigenvalue weighted by molar-refractivity contribution is 14.1. The molecule has 0 aliphatic carbocycles. The molecule has 5 heteroatoms. The molecule has 1 aromatic rings. The van der Waals surface area contributed by atoms with Crippen molar-refractivity contribution in [2.24, 2.45) is 0 Å². The number of nitrogens with zero attached hydrogens (tertiary/aromatic N) is 2. The third-order valence-corrected chi connectivity index (χ3v) is 3.05. The van der Waals surface area contributed by atoms with Crippen molar-refractivity contribution in [1.82, 2.24) is 4.98 Å². The Labute approximate surface area is 81.0 Å². The smallest absolute Gasteiger partial charge is 0.171 e. The molecule has 0 saturated heterocycles. The van der Waals surface area contributed by atoms with Crippen molar-refractivity contribution in [1.29, 1.82) is 5.26 Å². The summed E-state index contributed by atoms with van der Waals surface area (Å²) in [6, 6.07) is 1.90. The van der Waals surface area contributed by atoms with Crippen LogP contribution in [0.1, 0.15) is 10.4 Å². The summed E-state index contributed by atoms with van der Waals surface area (Å²) in [6.07, 6.45) is 1.70. The van der Waals surface area contributed by atoms with Gasteiger partial charge in [-0.1, -0.05) is 11.6 Å². The summed E-state index contributed by atoms with van der Waals surface area (Å²) in [7, 11) is 0. The maximum Gasteiger partial charge on any atom is 0.171 e. The Balaban J connectivity index is 2.87. The molecule has 0 radical (unpaired) electrons. The van der Waals surface area contributed by atoms with Gasteiger partial charge in [0.2, 0.25) is 0 Å². The predicted octanol–water partition coefficient (Wildman–Crippen LogP) is 2.55. The molecule has 1 aromatic heterocycles. The highest BCUT2D eigenvalue weighted by Gasteiger charge is 2.09. The van der Waals surface area contributed by atoms with Crippen LogP contribution in [0.4, 0.5) is 0 Å². The van der Waals surface area contributed by atoms with Gasteiger partial charge in [-0.2, -0.15) is 5.26 Å². The summed E-state index contributed by atoms with van der Waals surface area (Å²) in [4.78, 5) is 3.94. The lowest BCUT2D eigenvalue weighted by Gasteiger charge is -1.88. The van der Waals surface area contributed by atoms with Crippen molar-refractivity contribution >= 4 is 45.5 Å². The normalized spacial score (nSPS) is 12.5. The molecular weight excluding hydrogens is 282 g/mol. The number of aromatic nitrogens is 1. The maximum absolute atomic E-state index is 8.38. The number of nitriles is 1. The monoisotopic (exact) mass is 284 g/mol. The van der Waals surface area contributed by atoms with E-state index in [-0.39, 0.29) is 0 Å². The average Bonchev–Trinajstić information content (AvgIpc) is 2.34. The van der Waals surface area contributed by atoms with Crippen molar-refractivity contribution < 1.29 is 0 Å². The van der Waals surface area contributed by atoms with Crippen molar-refractivity contribution in [3.63, 3.8) is 0 Å². The minimum atomic E-state index is -0.589. The molecule has 0 aromatic carbocycles. The van der Waals surface area contributed by atoms with Crippen LogP contribution in [0.2, 0.25) is 0 Å². The van der Waals surface area contributed by atoms with E-state index in [9.17, 15) is 0 Å². The first-order chi connectivity index (χ1) is 4.74. The van der Waals surface area contributed by atoms with Gasteiger partial charge in [0.1, 0.15) is 5.01 Å². The molecule has 0 aliphatic rings. The largest absolute Gasteiger partial charge is 0.246 e. The molecule has 0 saturated carbocycles.